The maximum absolute atomic E-state index is 4.33. The summed E-state index contributed by atoms with van der Waals surface area (Å²) >= 11 is 0. The fourth-order valence-electron chi connectivity index (χ4n) is 1.14. The molecule has 1 nitrogen and oxygen atoms in total. The first-order valence-corrected chi connectivity index (χ1v) is 5.54. The molecule has 0 aliphatic heterocycles. The fraction of sp³-hybridized carbons (Fsp3) is 0.444. The highest BCUT2D eigenvalue weighted by atomic mass is 28.2. The largest absolute Gasteiger partial charge is 0.261 e. The van der Waals surface area contributed by atoms with Gasteiger partial charge in [-0.05, 0) is 17.7 Å². The molecule has 0 aliphatic rings. The molecule has 2 radical (unpaired) electrons. The SMILES string of the molecule is CC[C@H]([Si]C)c1ccccn1. The smallest absolute Gasteiger partial charge is 0.0459 e. The van der Waals surface area contributed by atoms with Crippen LogP contribution < -0.4 is 0 Å². The highest BCUT2D eigenvalue weighted by molar-refractivity contribution is 6.35. The molecule has 0 unspecified atom stereocenters. The molecule has 1 aromatic heterocycles. The molecule has 0 aromatic carbocycles. The summed E-state index contributed by atoms with van der Waals surface area (Å²) in [5.74, 6) is 0. The van der Waals surface area contributed by atoms with E-state index in [-0.39, 0.29) is 0 Å². The molecule has 0 N–H and O–H groups in total. The van der Waals surface area contributed by atoms with Gasteiger partial charge in [0.15, 0.2) is 0 Å². The Balaban J connectivity index is 2.74. The van der Waals surface area contributed by atoms with Crippen molar-refractivity contribution in [3.05, 3.63) is 30.1 Å². The fourth-order valence-corrected chi connectivity index (χ4v) is 2.02. The van der Waals surface area contributed by atoms with Gasteiger partial charge in [-0.15, -0.1) is 0 Å². The van der Waals surface area contributed by atoms with Gasteiger partial charge in [0.1, 0.15) is 0 Å². The van der Waals surface area contributed by atoms with E-state index >= 15 is 0 Å². The van der Waals surface area contributed by atoms with Gasteiger partial charge >= 0.3 is 0 Å². The van der Waals surface area contributed by atoms with E-state index in [2.05, 4.69) is 30.6 Å². The number of nitrogens with zero attached hydrogens (tertiary/aromatic N) is 1. The van der Waals surface area contributed by atoms with Crippen LogP contribution in [-0.2, 0) is 0 Å². The molecule has 1 atom stereocenters. The second kappa shape index (κ2) is 4.29. The van der Waals surface area contributed by atoms with Gasteiger partial charge in [-0.2, -0.15) is 0 Å². The van der Waals surface area contributed by atoms with Crippen LogP contribution in [0.5, 0.6) is 0 Å². The third kappa shape index (κ3) is 2.15. The monoisotopic (exact) mass is 163 g/mol. The highest BCUT2D eigenvalue weighted by Crippen LogP contribution is 2.14. The van der Waals surface area contributed by atoms with Crippen molar-refractivity contribution in [1.29, 1.82) is 0 Å². The zero-order chi connectivity index (χ0) is 8.10. The van der Waals surface area contributed by atoms with Crippen LogP contribution in [0.4, 0.5) is 0 Å². The topological polar surface area (TPSA) is 12.9 Å². The first-order chi connectivity index (χ1) is 5.38. The number of hydrogen-bond donors (Lipinski definition) is 0. The summed E-state index contributed by atoms with van der Waals surface area (Å²) in [5, 5.41) is 0. The van der Waals surface area contributed by atoms with Crippen LogP contribution >= 0.6 is 0 Å². The molecule has 0 saturated carbocycles. The Bertz CT molecular complexity index is 194. The molecule has 1 heterocycles. The Kier molecular flexibility index (Phi) is 3.30. The van der Waals surface area contributed by atoms with E-state index in [9.17, 15) is 0 Å². The normalized spacial score (nSPS) is 12.9. The molecule has 0 saturated heterocycles. The average Bonchev–Trinajstić information content (AvgIpc) is 2.09. The lowest BCUT2D eigenvalue weighted by molar-refractivity contribution is 0.837. The van der Waals surface area contributed by atoms with E-state index in [1.807, 2.05) is 12.3 Å². The first kappa shape index (κ1) is 8.46. The Labute approximate surface area is 70.7 Å². The van der Waals surface area contributed by atoms with E-state index in [0.29, 0.717) is 5.54 Å². The zero-order valence-corrected chi connectivity index (χ0v) is 8.04. The second-order valence-electron chi connectivity index (χ2n) is 2.50. The lowest BCUT2D eigenvalue weighted by Crippen LogP contribution is -2.04. The van der Waals surface area contributed by atoms with Crippen LogP contribution in [0.1, 0.15) is 24.6 Å². The Morgan fingerprint density at radius 3 is 2.82 bits per heavy atom. The van der Waals surface area contributed by atoms with Gasteiger partial charge in [-0.3, -0.25) is 4.98 Å². The maximum Gasteiger partial charge on any atom is 0.0459 e. The van der Waals surface area contributed by atoms with Gasteiger partial charge in [-0.25, -0.2) is 0 Å². The van der Waals surface area contributed by atoms with Gasteiger partial charge in [0.25, 0.3) is 0 Å². The van der Waals surface area contributed by atoms with Crippen molar-refractivity contribution in [3.63, 3.8) is 0 Å². The number of pyridine rings is 1. The summed E-state index contributed by atoms with van der Waals surface area (Å²) in [4.78, 5) is 4.33. The summed E-state index contributed by atoms with van der Waals surface area (Å²) in [7, 11) is 0.964. The van der Waals surface area contributed by atoms with E-state index in [0.717, 1.165) is 9.52 Å². The third-order valence-corrected chi connectivity index (χ3v) is 3.20. The lowest BCUT2D eigenvalue weighted by atomic mass is 10.2. The summed E-state index contributed by atoms with van der Waals surface area (Å²) in [6.45, 7) is 4.46. The van der Waals surface area contributed by atoms with Crippen molar-refractivity contribution < 1.29 is 0 Å². The van der Waals surface area contributed by atoms with E-state index in [4.69, 9.17) is 0 Å². The minimum absolute atomic E-state index is 0.677. The van der Waals surface area contributed by atoms with Gasteiger partial charge in [0.05, 0.1) is 0 Å². The predicted molar refractivity (Wildman–Crippen MR) is 48.9 cm³/mol. The number of hydrogen-bond acceptors (Lipinski definition) is 1. The van der Waals surface area contributed by atoms with Crippen LogP contribution in [0.2, 0.25) is 6.55 Å². The lowest BCUT2D eigenvalue weighted by Gasteiger charge is -2.09. The number of rotatable bonds is 3. The first-order valence-electron chi connectivity index (χ1n) is 3.96. The molecule has 11 heavy (non-hydrogen) atoms. The van der Waals surface area contributed by atoms with Crippen LogP contribution in [0.25, 0.3) is 0 Å². The summed E-state index contributed by atoms with van der Waals surface area (Å²) < 4.78 is 0. The number of aromatic nitrogens is 1. The second-order valence-corrected chi connectivity index (χ2v) is 3.78. The van der Waals surface area contributed by atoms with Crippen LogP contribution in [0.3, 0.4) is 0 Å². The molecule has 0 aliphatic carbocycles. The van der Waals surface area contributed by atoms with E-state index in [1.54, 1.807) is 0 Å². The standard InChI is InChI=1S/C9H13NSi/c1-3-9(11-2)8-6-4-5-7-10-8/h4-7,9H,3H2,1-2H3/t9-/m0/s1. The molecule has 1 rings (SSSR count). The Hall–Kier alpha value is -0.633. The molecule has 0 bridgehead atoms. The third-order valence-electron chi connectivity index (χ3n) is 1.80. The minimum atomic E-state index is 0.677. The van der Waals surface area contributed by atoms with Crippen LogP contribution in [-0.4, -0.2) is 14.5 Å². The van der Waals surface area contributed by atoms with Gasteiger partial charge < -0.3 is 0 Å². The average molecular weight is 163 g/mol. The van der Waals surface area contributed by atoms with E-state index in [1.165, 1.54) is 12.1 Å². The molecule has 2 heteroatoms. The quantitative estimate of drug-likeness (QED) is 0.623. The summed E-state index contributed by atoms with van der Waals surface area (Å²) in [6.07, 6.45) is 3.07. The molecule has 0 spiro atoms. The van der Waals surface area contributed by atoms with Gasteiger partial charge in [-0.1, -0.05) is 26.0 Å². The van der Waals surface area contributed by atoms with Crippen LogP contribution in [0.15, 0.2) is 24.4 Å². The minimum Gasteiger partial charge on any atom is -0.261 e. The summed E-state index contributed by atoms with van der Waals surface area (Å²) in [6, 6.07) is 6.14. The molecular weight excluding hydrogens is 150 g/mol. The molecule has 1 aromatic rings. The van der Waals surface area contributed by atoms with Crippen molar-refractivity contribution in [2.45, 2.75) is 25.4 Å². The van der Waals surface area contributed by atoms with Crippen molar-refractivity contribution in [2.24, 2.45) is 0 Å². The van der Waals surface area contributed by atoms with Gasteiger partial charge in [0.2, 0.25) is 0 Å². The molecule has 0 amide bonds. The van der Waals surface area contributed by atoms with Crippen molar-refractivity contribution in [1.82, 2.24) is 4.98 Å². The van der Waals surface area contributed by atoms with Crippen molar-refractivity contribution >= 4 is 9.52 Å². The predicted octanol–water partition coefficient (Wildman–Crippen LogP) is 2.29. The van der Waals surface area contributed by atoms with Crippen molar-refractivity contribution in [2.75, 3.05) is 0 Å². The van der Waals surface area contributed by atoms with Crippen LogP contribution in [0, 0.1) is 0 Å². The zero-order valence-electron chi connectivity index (χ0n) is 7.04. The Morgan fingerprint density at radius 1 is 1.55 bits per heavy atom. The Morgan fingerprint density at radius 2 is 2.36 bits per heavy atom. The highest BCUT2D eigenvalue weighted by Gasteiger charge is 2.06. The molecule has 58 valence electrons. The molecular formula is C9H13NSi. The van der Waals surface area contributed by atoms with E-state index < -0.39 is 0 Å². The van der Waals surface area contributed by atoms with Gasteiger partial charge in [0, 0.05) is 21.4 Å². The van der Waals surface area contributed by atoms with Crippen molar-refractivity contribution in [3.8, 4) is 0 Å². The molecule has 0 fully saturated rings. The maximum atomic E-state index is 4.33. The summed E-state index contributed by atoms with van der Waals surface area (Å²) in [5.41, 5.74) is 1.92.